The van der Waals surface area contributed by atoms with E-state index in [-0.39, 0.29) is 12.4 Å². The molecule has 1 aliphatic rings. The first-order valence-corrected chi connectivity index (χ1v) is 7.49. The molecule has 1 unspecified atom stereocenters. The number of nitrogen functional groups attached to an aromatic ring is 1. The molecule has 1 saturated heterocycles. The molecule has 22 heavy (non-hydrogen) atoms. The summed E-state index contributed by atoms with van der Waals surface area (Å²) >= 11 is 0. The van der Waals surface area contributed by atoms with Crippen LogP contribution < -0.4 is 11.4 Å². The lowest BCUT2D eigenvalue weighted by Crippen LogP contribution is -2.38. The molecule has 4 atom stereocenters. The van der Waals surface area contributed by atoms with Gasteiger partial charge in [0.2, 0.25) is 0 Å². The highest BCUT2D eigenvalue weighted by molar-refractivity contribution is 5.23. The fourth-order valence-corrected chi connectivity index (χ4v) is 2.46. The summed E-state index contributed by atoms with van der Waals surface area (Å²) in [6.45, 7) is 2.17. The maximum absolute atomic E-state index is 11.9. The number of nitrogens with two attached hydrogens (primary N) is 1. The summed E-state index contributed by atoms with van der Waals surface area (Å²) in [7, 11) is 0. The van der Waals surface area contributed by atoms with Gasteiger partial charge in [-0.15, -0.1) is 0 Å². The first kappa shape index (κ1) is 16.9. The van der Waals surface area contributed by atoms with Gasteiger partial charge in [0, 0.05) is 12.8 Å². The topological polar surface area (TPSA) is 120 Å². The highest BCUT2D eigenvalue weighted by Gasteiger charge is 2.45. The van der Waals surface area contributed by atoms with Gasteiger partial charge < -0.3 is 25.4 Å². The van der Waals surface area contributed by atoms with Crippen molar-refractivity contribution < 1.29 is 19.7 Å². The maximum atomic E-state index is 11.9. The molecule has 0 aromatic carbocycles. The summed E-state index contributed by atoms with van der Waals surface area (Å²) in [6.07, 6.45) is 0.978. The van der Waals surface area contributed by atoms with E-state index in [9.17, 15) is 15.0 Å². The molecule has 2 heterocycles. The summed E-state index contributed by atoms with van der Waals surface area (Å²) in [5.41, 5.74) is 4.88. The number of unbranched alkanes of at least 4 members (excludes halogenated alkanes) is 2. The van der Waals surface area contributed by atoms with Gasteiger partial charge in [-0.2, -0.15) is 4.98 Å². The Morgan fingerprint density at radius 2 is 2.27 bits per heavy atom. The number of aliphatic hydroxyl groups is 2. The third-order valence-electron chi connectivity index (χ3n) is 3.68. The second kappa shape index (κ2) is 7.68. The molecule has 8 heteroatoms. The minimum Gasteiger partial charge on any atom is -0.394 e. The Labute approximate surface area is 128 Å². The van der Waals surface area contributed by atoms with E-state index in [0.717, 1.165) is 19.3 Å². The molecule has 1 aromatic rings. The molecule has 1 aromatic heterocycles. The predicted octanol–water partition coefficient (Wildman–Crippen LogP) is -0.348. The lowest BCUT2D eigenvalue weighted by molar-refractivity contribution is -0.0748. The molecule has 1 fully saturated rings. The van der Waals surface area contributed by atoms with Gasteiger partial charge in [-0.1, -0.05) is 19.8 Å². The third-order valence-corrected chi connectivity index (χ3v) is 3.68. The predicted molar refractivity (Wildman–Crippen MR) is 79.2 cm³/mol. The van der Waals surface area contributed by atoms with Crippen LogP contribution in [0.15, 0.2) is 17.1 Å². The van der Waals surface area contributed by atoms with Gasteiger partial charge in [0.25, 0.3) is 0 Å². The monoisotopic (exact) mass is 313 g/mol. The summed E-state index contributed by atoms with van der Waals surface area (Å²) in [4.78, 5) is 15.6. The van der Waals surface area contributed by atoms with Gasteiger partial charge in [-0.25, -0.2) is 4.79 Å². The average Bonchev–Trinajstić information content (AvgIpc) is 2.80. The lowest BCUT2D eigenvalue weighted by atomic mass is 10.1. The van der Waals surface area contributed by atoms with Crippen molar-refractivity contribution in [3.63, 3.8) is 0 Å². The van der Waals surface area contributed by atoms with Crippen molar-refractivity contribution in [2.24, 2.45) is 0 Å². The van der Waals surface area contributed by atoms with Crippen LogP contribution in [0.2, 0.25) is 0 Å². The number of nitrogens with zero attached hydrogens (tertiary/aromatic N) is 2. The van der Waals surface area contributed by atoms with Crippen molar-refractivity contribution >= 4 is 5.82 Å². The van der Waals surface area contributed by atoms with Crippen LogP contribution in [0.1, 0.15) is 32.4 Å². The zero-order valence-corrected chi connectivity index (χ0v) is 12.6. The van der Waals surface area contributed by atoms with Crippen molar-refractivity contribution in [3.05, 3.63) is 22.7 Å². The Morgan fingerprint density at radius 3 is 2.91 bits per heavy atom. The van der Waals surface area contributed by atoms with E-state index >= 15 is 0 Å². The quantitative estimate of drug-likeness (QED) is 0.589. The van der Waals surface area contributed by atoms with Crippen molar-refractivity contribution in [2.75, 3.05) is 18.9 Å². The molecule has 0 aliphatic carbocycles. The van der Waals surface area contributed by atoms with Crippen LogP contribution >= 0.6 is 0 Å². The minimum atomic E-state index is -1.01. The number of hydrogen-bond acceptors (Lipinski definition) is 7. The molecule has 0 radical (unpaired) electrons. The Kier molecular flexibility index (Phi) is 5.90. The van der Waals surface area contributed by atoms with Crippen LogP contribution in [-0.4, -0.2) is 51.3 Å². The van der Waals surface area contributed by atoms with E-state index in [1.807, 2.05) is 0 Å². The second-order valence-corrected chi connectivity index (χ2v) is 5.32. The standard InChI is InChI=1S/C14H23N3O5/c1-2-3-4-7-21-12-11(19)9(8-18)22-13(12)17-6-5-10(15)16-14(17)20/h5-6,9,11-13,18-19H,2-4,7-8H2,1H3,(H2,15,16,20)/t9-,11-,12+,13?/m1/s1. The molecule has 0 amide bonds. The highest BCUT2D eigenvalue weighted by atomic mass is 16.6. The molecular formula is C14H23N3O5. The molecule has 2 rings (SSSR count). The van der Waals surface area contributed by atoms with Gasteiger partial charge in [-0.3, -0.25) is 4.57 Å². The van der Waals surface area contributed by atoms with E-state index in [2.05, 4.69) is 11.9 Å². The molecule has 0 bridgehead atoms. The number of aromatic nitrogens is 2. The molecule has 124 valence electrons. The number of aliphatic hydroxyl groups excluding tert-OH is 2. The highest BCUT2D eigenvalue weighted by Crippen LogP contribution is 2.30. The first-order valence-electron chi connectivity index (χ1n) is 7.49. The van der Waals surface area contributed by atoms with E-state index in [1.54, 1.807) is 0 Å². The summed E-state index contributed by atoms with van der Waals surface area (Å²) in [6, 6.07) is 1.47. The number of ether oxygens (including phenoxy) is 2. The van der Waals surface area contributed by atoms with E-state index in [4.69, 9.17) is 15.2 Å². The van der Waals surface area contributed by atoms with Gasteiger partial charge in [0.1, 0.15) is 24.1 Å². The van der Waals surface area contributed by atoms with Crippen LogP contribution in [-0.2, 0) is 9.47 Å². The molecule has 1 aliphatic heterocycles. The maximum Gasteiger partial charge on any atom is 0.351 e. The molecule has 0 spiro atoms. The molecule has 8 nitrogen and oxygen atoms in total. The van der Waals surface area contributed by atoms with Crippen LogP contribution in [0.5, 0.6) is 0 Å². The van der Waals surface area contributed by atoms with Gasteiger partial charge in [-0.05, 0) is 12.5 Å². The minimum absolute atomic E-state index is 0.110. The second-order valence-electron chi connectivity index (χ2n) is 5.32. The summed E-state index contributed by atoms with van der Waals surface area (Å²) in [5, 5.41) is 19.5. The Hall–Kier alpha value is -1.48. The van der Waals surface area contributed by atoms with E-state index in [1.165, 1.54) is 16.8 Å². The fraction of sp³-hybridized carbons (Fsp3) is 0.714. The SMILES string of the molecule is CCCCCO[C@@H]1C(n2ccc(N)nc2=O)O[C@H](CO)[C@H]1O. The Morgan fingerprint density at radius 1 is 1.50 bits per heavy atom. The van der Waals surface area contributed by atoms with Gasteiger partial charge in [0.15, 0.2) is 6.23 Å². The summed E-state index contributed by atoms with van der Waals surface area (Å²) in [5.74, 6) is 0.110. The van der Waals surface area contributed by atoms with Crippen molar-refractivity contribution in [2.45, 2.75) is 50.7 Å². The fourth-order valence-electron chi connectivity index (χ4n) is 2.46. The van der Waals surface area contributed by atoms with E-state index < -0.39 is 30.2 Å². The third kappa shape index (κ3) is 3.64. The number of rotatable bonds is 7. The molecule has 4 N–H and O–H groups in total. The molecular weight excluding hydrogens is 290 g/mol. The van der Waals surface area contributed by atoms with Crippen molar-refractivity contribution in [3.8, 4) is 0 Å². The number of hydrogen-bond donors (Lipinski definition) is 3. The van der Waals surface area contributed by atoms with Crippen LogP contribution in [0.25, 0.3) is 0 Å². The van der Waals surface area contributed by atoms with Crippen LogP contribution in [0.4, 0.5) is 5.82 Å². The zero-order valence-electron chi connectivity index (χ0n) is 12.6. The van der Waals surface area contributed by atoms with Gasteiger partial charge >= 0.3 is 5.69 Å². The van der Waals surface area contributed by atoms with Gasteiger partial charge in [0.05, 0.1) is 6.61 Å². The van der Waals surface area contributed by atoms with Crippen LogP contribution in [0, 0.1) is 0 Å². The Bertz CT molecular complexity index is 535. The summed E-state index contributed by atoms with van der Waals surface area (Å²) < 4.78 is 12.5. The average molecular weight is 313 g/mol. The first-order chi connectivity index (χ1) is 10.6. The number of anilines is 1. The van der Waals surface area contributed by atoms with Crippen molar-refractivity contribution in [1.29, 1.82) is 0 Å². The Balaban J connectivity index is 2.16. The normalized spacial score (nSPS) is 28.1. The molecule has 0 saturated carbocycles. The lowest BCUT2D eigenvalue weighted by Gasteiger charge is -2.22. The van der Waals surface area contributed by atoms with Crippen molar-refractivity contribution in [1.82, 2.24) is 9.55 Å². The zero-order chi connectivity index (χ0) is 16.1. The smallest absolute Gasteiger partial charge is 0.351 e. The van der Waals surface area contributed by atoms with E-state index in [0.29, 0.717) is 6.61 Å². The largest absolute Gasteiger partial charge is 0.394 e. The van der Waals surface area contributed by atoms with Crippen LogP contribution in [0.3, 0.4) is 0 Å².